The summed E-state index contributed by atoms with van der Waals surface area (Å²) in [5.74, 6) is -0.843. The molecule has 0 aliphatic carbocycles. The Bertz CT molecular complexity index is 664. The third-order valence-corrected chi connectivity index (χ3v) is 3.06. The largest absolute Gasteiger partial charge is 0.437 e. The monoisotopic (exact) mass is 312 g/mol. The lowest BCUT2D eigenvalue weighted by Crippen LogP contribution is -2.31. The van der Waals surface area contributed by atoms with Gasteiger partial charge in [0.25, 0.3) is 0 Å². The van der Waals surface area contributed by atoms with Gasteiger partial charge in [-0.1, -0.05) is 13.8 Å². The van der Waals surface area contributed by atoms with E-state index in [0.717, 1.165) is 9.58 Å². The molecule has 0 N–H and O–H groups in total. The van der Waals surface area contributed by atoms with Crippen molar-refractivity contribution in [2.75, 3.05) is 11.9 Å². The molecule has 22 heavy (non-hydrogen) atoms. The summed E-state index contributed by atoms with van der Waals surface area (Å²) in [7, 11) is 1.31. The first-order chi connectivity index (χ1) is 10.2. The minimum absolute atomic E-state index is 0.282. The standard InChI is InChI=1S/C14H15F3N4O/c1-9(2)13(22)20(3)11-8-21(10-5-4-6-18-7-10)19-12(11)14(15,16)17/h4-9H,1-3H3. The van der Waals surface area contributed by atoms with Crippen LogP contribution in [0.1, 0.15) is 19.5 Å². The summed E-state index contributed by atoms with van der Waals surface area (Å²) in [6.45, 7) is 3.25. The molecule has 0 saturated heterocycles. The zero-order valence-electron chi connectivity index (χ0n) is 12.3. The van der Waals surface area contributed by atoms with Gasteiger partial charge in [0.15, 0.2) is 5.69 Å². The van der Waals surface area contributed by atoms with E-state index in [9.17, 15) is 18.0 Å². The van der Waals surface area contributed by atoms with Crippen molar-refractivity contribution >= 4 is 11.6 Å². The lowest BCUT2D eigenvalue weighted by atomic mass is 10.2. The number of carbonyl (C=O) groups is 1. The van der Waals surface area contributed by atoms with Gasteiger partial charge in [-0.25, -0.2) is 4.68 Å². The molecule has 2 aromatic heterocycles. The molecule has 2 heterocycles. The van der Waals surface area contributed by atoms with Crippen molar-refractivity contribution in [2.45, 2.75) is 20.0 Å². The van der Waals surface area contributed by atoms with Gasteiger partial charge in [0.2, 0.25) is 5.91 Å². The van der Waals surface area contributed by atoms with E-state index < -0.39 is 23.7 Å². The van der Waals surface area contributed by atoms with Gasteiger partial charge < -0.3 is 4.90 Å². The van der Waals surface area contributed by atoms with Gasteiger partial charge in [-0.2, -0.15) is 18.3 Å². The third-order valence-electron chi connectivity index (χ3n) is 3.06. The van der Waals surface area contributed by atoms with Crippen LogP contribution in [0.4, 0.5) is 18.9 Å². The summed E-state index contributed by atoms with van der Waals surface area (Å²) in [6, 6.07) is 3.17. The number of hydrogen-bond acceptors (Lipinski definition) is 3. The summed E-state index contributed by atoms with van der Waals surface area (Å²) < 4.78 is 40.6. The summed E-state index contributed by atoms with van der Waals surface area (Å²) in [5.41, 5.74) is -1.01. The number of amides is 1. The topological polar surface area (TPSA) is 51.0 Å². The molecule has 0 aliphatic heterocycles. The number of rotatable bonds is 3. The Morgan fingerprint density at radius 1 is 1.36 bits per heavy atom. The number of anilines is 1. The summed E-state index contributed by atoms with van der Waals surface area (Å²) in [6.07, 6.45) is -0.581. The Kier molecular flexibility index (Phi) is 4.20. The fourth-order valence-corrected chi connectivity index (χ4v) is 1.94. The SMILES string of the molecule is CC(C)C(=O)N(C)c1cn(-c2cccnc2)nc1C(F)(F)F. The van der Waals surface area contributed by atoms with E-state index in [1.165, 1.54) is 25.6 Å². The molecular weight excluding hydrogens is 297 g/mol. The highest BCUT2D eigenvalue weighted by atomic mass is 19.4. The molecule has 118 valence electrons. The Morgan fingerprint density at radius 3 is 2.55 bits per heavy atom. The summed E-state index contributed by atoms with van der Waals surface area (Å²) >= 11 is 0. The normalized spacial score (nSPS) is 11.8. The maximum Gasteiger partial charge on any atom is 0.437 e. The maximum absolute atomic E-state index is 13.2. The highest BCUT2D eigenvalue weighted by Gasteiger charge is 2.39. The second-order valence-electron chi connectivity index (χ2n) is 5.07. The van der Waals surface area contributed by atoms with Crippen LogP contribution in [0.3, 0.4) is 0 Å². The van der Waals surface area contributed by atoms with E-state index in [1.807, 2.05) is 0 Å². The molecule has 2 aromatic rings. The number of carbonyl (C=O) groups excluding carboxylic acids is 1. The number of nitrogens with zero attached hydrogens (tertiary/aromatic N) is 4. The van der Waals surface area contributed by atoms with Crippen LogP contribution in [0.2, 0.25) is 0 Å². The molecule has 1 amide bonds. The zero-order chi connectivity index (χ0) is 16.5. The van der Waals surface area contributed by atoms with E-state index in [1.54, 1.807) is 26.0 Å². The number of halogens is 3. The van der Waals surface area contributed by atoms with Gasteiger partial charge >= 0.3 is 6.18 Å². The van der Waals surface area contributed by atoms with Crippen molar-refractivity contribution < 1.29 is 18.0 Å². The molecule has 0 aliphatic rings. The molecule has 0 unspecified atom stereocenters. The van der Waals surface area contributed by atoms with E-state index in [2.05, 4.69) is 10.1 Å². The Morgan fingerprint density at radius 2 is 2.05 bits per heavy atom. The average molecular weight is 312 g/mol. The Labute approximate surface area is 125 Å². The molecule has 5 nitrogen and oxygen atoms in total. The first-order valence-electron chi connectivity index (χ1n) is 6.56. The minimum Gasteiger partial charge on any atom is -0.312 e. The van der Waals surface area contributed by atoms with Crippen molar-refractivity contribution in [2.24, 2.45) is 5.92 Å². The van der Waals surface area contributed by atoms with E-state index in [0.29, 0.717) is 5.69 Å². The predicted molar refractivity (Wildman–Crippen MR) is 74.6 cm³/mol. The number of hydrogen-bond donors (Lipinski definition) is 0. The summed E-state index contributed by atoms with van der Waals surface area (Å²) in [5, 5.41) is 3.57. The maximum atomic E-state index is 13.2. The quantitative estimate of drug-likeness (QED) is 0.875. The van der Waals surface area contributed by atoms with Gasteiger partial charge in [0, 0.05) is 19.2 Å². The predicted octanol–water partition coefficient (Wildman–Crippen LogP) is 2.90. The van der Waals surface area contributed by atoms with Crippen molar-refractivity contribution in [3.05, 3.63) is 36.4 Å². The molecule has 0 radical (unpaired) electrons. The second kappa shape index (κ2) is 5.78. The van der Waals surface area contributed by atoms with Crippen molar-refractivity contribution in [1.29, 1.82) is 0 Å². The Balaban J connectivity index is 2.53. The first-order valence-corrected chi connectivity index (χ1v) is 6.56. The molecule has 0 spiro atoms. The minimum atomic E-state index is -4.66. The lowest BCUT2D eigenvalue weighted by Gasteiger charge is -2.19. The van der Waals surface area contributed by atoms with Crippen LogP contribution in [-0.4, -0.2) is 27.7 Å². The molecule has 0 fully saturated rings. The molecule has 0 aromatic carbocycles. The third kappa shape index (κ3) is 3.10. The van der Waals surface area contributed by atoms with Crippen LogP contribution in [-0.2, 0) is 11.0 Å². The van der Waals surface area contributed by atoms with Crippen LogP contribution < -0.4 is 4.90 Å². The molecule has 0 saturated carbocycles. The molecule has 0 bridgehead atoms. The Hall–Kier alpha value is -2.38. The van der Waals surface area contributed by atoms with Gasteiger partial charge in [-0.15, -0.1) is 0 Å². The fraction of sp³-hybridized carbons (Fsp3) is 0.357. The first kappa shape index (κ1) is 16.0. The van der Waals surface area contributed by atoms with Crippen LogP contribution in [0.25, 0.3) is 5.69 Å². The van der Waals surface area contributed by atoms with Gasteiger partial charge in [0.05, 0.1) is 23.8 Å². The molecule has 0 atom stereocenters. The fourth-order valence-electron chi connectivity index (χ4n) is 1.94. The van der Waals surface area contributed by atoms with Crippen LogP contribution in [0.5, 0.6) is 0 Å². The average Bonchev–Trinajstić information content (AvgIpc) is 2.91. The highest BCUT2D eigenvalue weighted by Crippen LogP contribution is 2.36. The van der Waals surface area contributed by atoms with Crippen molar-refractivity contribution in [1.82, 2.24) is 14.8 Å². The van der Waals surface area contributed by atoms with Gasteiger partial charge in [-0.3, -0.25) is 9.78 Å². The summed E-state index contributed by atoms with van der Waals surface area (Å²) in [4.78, 5) is 16.8. The van der Waals surface area contributed by atoms with E-state index >= 15 is 0 Å². The second-order valence-corrected chi connectivity index (χ2v) is 5.07. The van der Waals surface area contributed by atoms with E-state index in [-0.39, 0.29) is 5.69 Å². The van der Waals surface area contributed by atoms with Crippen LogP contribution in [0.15, 0.2) is 30.7 Å². The van der Waals surface area contributed by atoms with Crippen molar-refractivity contribution in [3.8, 4) is 5.69 Å². The molecular formula is C14H15F3N4O. The molecule has 2 rings (SSSR count). The number of pyridine rings is 1. The van der Waals surface area contributed by atoms with Crippen LogP contribution >= 0.6 is 0 Å². The van der Waals surface area contributed by atoms with E-state index in [4.69, 9.17) is 0 Å². The van der Waals surface area contributed by atoms with Crippen LogP contribution in [0, 0.1) is 5.92 Å². The zero-order valence-corrected chi connectivity index (χ0v) is 12.3. The van der Waals surface area contributed by atoms with Gasteiger partial charge in [0.1, 0.15) is 0 Å². The lowest BCUT2D eigenvalue weighted by molar-refractivity contribution is -0.140. The molecule has 8 heteroatoms. The smallest absolute Gasteiger partial charge is 0.312 e. The van der Waals surface area contributed by atoms with Gasteiger partial charge in [-0.05, 0) is 12.1 Å². The number of aromatic nitrogens is 3. The number of alkyl halides is 3. The van der Waals surface area contributed by atoms with Crippen molar-refractivity contribution in [3.63, 3.8) is 0 Å². The highest BCUT2D eigenvalue weighted by molar-refractivity contribution is 5.94.